The fourth-order valence-electron chi connectivity index (χ4n) is 1.62. The molecule has 0 radical (unpaired) electrons. The lowest BCUT2D eigenvalue weighted by molar-refractivity contribution is -0.126. The standard InChI is InChI=1S/C9H17N3O/c1-12-5-4-10-6-8(12)9(13)11-7-2-3-7/h7-8,10H,2-6H2,1H3,(H,11,13). The molecule has 74 valence electrons. The first kappa shape index (κ1) is 8.97. The predicted molar refractivity (Wildman–Crippen MR) is 50.5 cm³/mol. The molecule has 1 saturated heterocycles. The number of nitrogens with zero attached hydrogens (tertiary/aromatic N) is 1. The number of hydrogen-bond acceptors (Lipinski definition) is 3. The molecular weight excluding hydrogens is 166 g/mol. The summed E-state index contributed by atoms with van der Waals surface area (Å²) in [5.74, 6) is 0.192. The Morgan fingerprint density at radius 1 is 1.54 bits per heavy atom. The van der Waals surface area contributed by atoms with Gasteiger partial charge in [0.15, 0.2) is 0 Å². The van der Waals surface area contributed by atoms with Crippen molar-refractivity contribution in [3.8, 4) is 0 Å². The van der Waals surface area contributed by atoms with Crippen LogP contribution < -0.4 is 10.6 Å². The van der Waals surface area contributed by atoms with Crippen molar-refractivity contribution >= 4 is 5.91 Å². The number of likely N-dealkylation sites (N-methyl/N-ethyl adjacent to an activating group) is 1. The summed E-state index contributed by atoms with van der Waals surface area (Å²) in [6, 6.07) is 0.511. The Bertz CT molecular complexity index is 203. The van der Waals surface area contributed by atoms with Crippen LogP contribution in [0.4, 0.5) is 0 Å². The SMILES string of the molecule is CN1CCNCC1C(=O)NC1CC1. The Kier molecular flexibility index (Phi) is 2.51. The van der Waals surface area contributed by atoms with Gasteiger partial charge < -0.3 is 10.6 Å². The number of piperazine rings is 1. The van der Waals surface area contributed by atoms with E-state index in [4.69, 9.17) is 0 Å². The minimum atomic E-state index is 0.0364. The van der Waals surface area contributed by atoms with Crippen LogP contribution in [-0.2, 0) is 4.79 Å². The minimum absolute atomic E-state index is 0.0364. The van der Waals surface area contributed by atoms with Crippen LogP contribution in [0.3, 0.4) is 0 Å². The molecule has 0 aromatic carbocycles. The molecule has 1 atom stereocenters. The number of rotatable bonds is 2. The van der Waals surface area contributed by atoms with Gasteiger partial charge in [-0.3, -0.25) is 9.69 Å². The zero-order valence-corrected chi connectivity index (χ0v) is 8.05. The predicted octanol–water partition coefficient (Wildman–Crippen LogP) is -0.831. The van der Waals surface area contributed by atoms with E-state index in [9.17, 15) is 4.79 Å². The Morgan fingerprint density at radius 3 is 2.92 bits per heavy atom. The molecule has 13 heavy (non-hydrogen) atoms. The third-order valence-corrected chi connectivity index (χ3v) is 2.74. The van der Waals surface area contributed by atoms with Crippen LogP contribution in [0.5, 0.6) is 0 Å². The van der Waals surface area contributed by atoms with Crippen molar-refractivity contribution in [3.05, 3.63) is 0 Å². The quantitative estimate of drug-likeness (QED) is 0.587. The fraction of sp³-hybridized carbons (Fsp3) is 0.889. The van der Waals surface area contributed by atoms with Crippen LogP contribution in [0, 0.1) is 0 Å². The maximum Gasteiger partial charge on any atom is 0.238 e. The van der Waals surface area contributed by atoms with Crippen LogP contribution >= 0.6 is 0 Å². The van der Waals surface area contributed by atoms with Gasteiger partial charge in [0.2, 0.25) is 5.91 Å². The maximum absolute atomic E-state index is 11.7. The average molecular weight is 183 g/mol. The first-order valence-electron chi connectivity index (χ1n) is 4.98. The van der Waals surface area contributed by atoms with Crippen molar-refractivity contribution < 1.29 is 4.79 Å². The van der Waals surface area contributed by atoms with E-state index in [1.807, 2.05) is 7.05 Å². The zero-order valence-electron chi connectivity index (χ0n) is 8.05. The van der Waals surface area contributed by atoms with E-state index in [1.54, 1.807) is 0 Å². The van der Waals surface area contributed by atoms with E-state index in [1.165, 1.54) is 0 Å². The molecule has 2 N–H and O–H groups in total. The van der Waals surface area contributed by atoms with E-state index >= 15 is 0 Å². The van der Waals surface area contributed by atoms with Gasteiger partial charge >= 0.3 is 0 Å². The highest BCUT2D eigenvalue weighted by atomic mass is 16.2. The summed E-state index contributed by atoms with van der Waals surface area (Å²) >= 11 is 0. The molecule has 0 aromatic rings. The molecular formula is C9H17N3O. The molecule has 1 amide bonds. The fourth-order valence-corrected chi connectivity index (χ4v) is 1.62. The summed E-state index contributed by atoms with van der Waals surface area (Å²) in [5.41, 5.74) is 0. The van der Waals surface area contributed by atoms with E-state index < -0.39 is 0 Å². The molecule has 1 saturated carbocycles. The molecule has 4 nitrogen and oxygen atoms in total. The summed E-state index contributed by atoms with van der Waals surface area (Å²) in [7, 11) is 2.01. The topological polar surface area (TPSA) is 44.4 Å². The highest BCUT2D eigenvalue weighted by Gasteiger charge is 2.30. The Hall–Kier alpha value is -0.610. The zero-order chi connectivity index (χ0) is 9.26. The number of amides is 1. The summed E-state index contributed by atoms with van der Waals surface area (Å²) in [6.45, 7) is 2.74. The van der Waals surface area contributed by atoms with Crippen molar-refractivity contribution in [2.24, 2.45) is 0 Å². The van der Waals surface area contributed by atoms with E-state index in [2.05, 4.69) is 15.5 Å². The molecule has 2 rings (SSSR count). The lowest BCUT2D eigenvalue weighted by Gasteiger charge is -2.31. The second-order valence-corrected chi connectivity index (χ2v) is 3.98. The van der Waals surface area contributed by atoms with Gasteiger partial charge in [0, 0.05) is 25.7 Å². The van der Waals surface area contributed by atoms with Crippen LogP contribution in [0.2, 0.25) is 0 Å². The summed E-state index contributed by atoms with van der Waals surface area (Å²) < 4.78 is 0. The molecule has 1 aliphatic carbocycles. The van der Waals surface area contributed by atoms with Gasteiger partial charge in [-0.25, -0.2) is 0 Å². The maximum atomic E-state index is 11.7. The van der Waals surface area contributed by atoms with Crippen LogP contribution in [-0.4, -0.2) is 49.6 Å². The van der Waals surface area contributed by atoms with Crippen molar-refractivity contribution in [2.75, 3.05) is 26.7 Å². The van der Waals surface area contributed by atoms with E-state index in [0.29, 0.717) is 6.04 Å². The average Bonchev–Trinajstić information content (AvgIpc) is 2.89. The Morgan fingerprint density at radius 2 is 2.31 bits per heavy atom. The van der Waals surface area contributed by atoms with Crippen LogP contribution in [0.1, 0.15) is 12.8 Å². The van der Waals surface area contributed by atoms with E-state index in [-0.39, 0.29) is 11.9 Å². The molecule has 2 fully saturated rings. The largest absolute Gasteiger partial charge is 0.352 e. The van der Waals surface area contributed by atoms with Gasteiger partial charge in [-0.15, -0.1) is 0 Å². The first-order valence-corrected chi connectivity index (χ1v) is 4.98. The highest BCUT2D eigenvalue weighted by Crippen LogP contribution is 2.19. The van der Waals surface area contributed by atoms with Gasteiger partial charge in [0.05, 0.1) is 0 Å². The Balaban J connectivity index is 1.85. The normalized spacial score (nSPS) is 30.1. The van der Waals surface area contributed by atoms with E-state index in [0.717, 1.165) is 32.5 Å². The summed E-state index contributed by atoms with van der Waals surface area (Å²) in [4.78, 5) is 13.8. The van der Waals surface area contributed by atoms with Crippen molar-refractivity contribution in [1.29, 1.82) is 0 Å². The van der Waals surface area contributed by atoms with Gasteiger partial charge in [-0.2, -0.15) is 0 Å². The number of carbonyl (C=O) groups is 1. The van der Waals surface area contributed by atoms with Crippen molar-refractivity contribution in [2.45, 2.75) is 24.9 Å². The second-order valence-electron chi connectivity index (χ2n) is 3.98. The van der Waals surface area contributed by atoms with Crippen molar-refractivity contribution in [1.82, 2.24) is 15.5 Å². The molecule has 1 aliphatic heterocycles. The number of carbonyl (C=O) groups excluding carboxylic acids is 1. The molecule has 0 spiro atoms. The van der Waals surface area contributed by atoms with Crippen LogP contribution in [0.25, 0.3) is 0 Å². The molecule has 2 aliphatic rings. The summed E-state index contributed by atoms with van der Waals surface area (Å²) in [6.07, 6.45) is 2.32. The monoisotopic (exact) mass is 183 g/mol. The van der Waals surface area contributed by atoms with Crippen LogP contribution in [0.15, 0.2) is 0 Å². The molecule has 1 unspecified atom stereocenters. The first-order chi connectivity index (χ1) is 6.27. The van der Waals surface area contributed by atoms with Gasteiger partial charge in [0.25, 0.3) is 0 Å². The summed E-state index contributed by atoms with van der Waals surface area (Å²) in [5, 5.41) is 6.27. The lowest BCUT2D eigenvalue weighted by atomic mass is 10.2. The number of nitrogens with one attached hydrogen (secondary N) is 2. The van der Waals surface area contributed by atoms with Gasteiger partial charge in [0.1, 0.15) is 6.04 Å². The Labute approximate surface area is 78.7 Å². The van der Waals surface area contributed by atoms with Gasteiger partial charge in [-0.05, 0) is 19.9 Å². The lowest BCUT2D eigenvalue weighted by Crippen LogP contribution is -2.56. The number of hydrogen-bond donors (Lipinski definition) is 2. The second kappa shape index (κ2) is 3.64. The molecule has 0 bridgehead atoms. The molecule has 1 heterocycles. The third kappa shape index (κ3) is 2.19. The van der Waals surface area contributed by atoms with Crippen molar-refractivity contribution in [3.63, 3.8) is 0 Å². The van der Waals surface area contributed by atoms with Gasteiger partial charge in [-0.1, -0.05) is 0 Å². The highest BCUT2D eigenvalue weighted by molar-refractivity contribution is 5.82. The smallest absolute Gasteiger partial charge is 0.238 e. The molecule has 0 aromatic heterocycles. The third-order valence-electron chi connectivity index (χ3n) is 2.74. The minimum Gasteiger partial charge on any atom is -0.352 e. The molecule has 4 heteroatoms.